The first kappa shape index (κ1) is 33.2. The van der Waals surface area contributed by atoms with Gasteiger partial charge in [-0.1, -0.05) is 42.5 Å². The molecule has 2 atom stereocenters. The molecular weight excluding hydrogens is 622 g/mol. The van der Waals surface area contributed by atoms with E-state index in [1.807, 2.05) is 6.08 Å². The van der Waals surface area contributed by atoms with E-state index in [-0.39, 0.29) is 36.8 Å². The molecule has 2 N–H and O–H groups in total. The van der Waals surface area contributed by atoms with E-state index in [0.717, 1.165) is 11.0 Å². The van der Waals surface area contributed by atoms with Crippen molar-refractivity contribution in [3.05, 3.63) is 88.9 Å². The Hall–Kier alpha value is -4.20. The number of aliphatic hydroxyl groups is 1. The van der Waals surface area contributed by atoms with Crippen LogP contribution >= 0.6 is 0 Å². The molecule has 0 spiro atoms. The first-order valence-electron chi connectivity index (χ1n) is 14.6. The molecule has 2 unspecified atom stereocenters. The standard InChI is InChI=1S/C32H32F6N2O6/c1-29(22-9-12-25-26(19-22)46-16-15-45-25)27(41)40(28(42)39-29)13-5-6-14-44-24-11-10-23(30(43,31(33,34)35)32(36,37)38)18-21(24)17-20-7-3-2-4-8-20/h2-4,7-12,18,22,43H,5-6,13-17,19H2,1H3,(H,39,42). The summed E-state index contributed by atoms with van der Waals surface area (Å²) < 4.78 is 98.4. The number of hydrogen-bond donors (Lipinski definition) is 2. The average molecular weight is 655 g/mol. The Morgan fingerprint density at radius 2 is 1.70 bits per heavy atom. The van der Waals surface area contributed by atoms with Gasteiger partial charge in [-0.3, -0.25) is 9.69 Å². The Balaban J connectivity index is 1.23. The van der Waals surface area contributed by atoms with Crippen molar-refractivity contribution in [3.8, 4) is 5.75 Å². The number of nitrogens with one attached hydrogen (secondary N) is 1. The highest BCUT2D eigenvalue weighted by atomic mass is 19.4. The zero-order valence-electron chi connectivity index (χ0n) is 24.7. The van der Waals surface area contributed by atoms with E-state index in [4.69, 9.17) is 14.2 Å². The molecule has 3 aliphatic rings. The number of halogens is 6. The fourth-order valence-electron chi connectivity index (χ4n) is 5.75. The normalized spacial score (nSPS) is 21.9. The highest BCUT2D eigenvalue weighted by Crippen LogP contribution is 2.50. The molecule has 1 aliphatic carbocycles. The van der Waals surface area contributed by atoms with Crippen LogP contribution in [0.15, 0.2) is 72.2 Å². The molecule has 8 nitrogen and oxygen atoms in total. The molecule has 0 radical (unpaired) electrons. The fourth-order valence-corrected chi connectivity index (χ4v) is 5.75. The monoisotopic (exact) mass is 654 g/mol. The second-order valence-corrected chi connectivity index (χ2v) is 11.5. The molecule has 0 bridgehead atoms. The molecule has 2 aliphatic heterocycles. The summed E-state index contributed by atoms with van der Waals surface area (Å²) in [6, 6.07) is 9.95. The zero-order valence-corrected chi connectivity index (χ0v) is 24.7. The van der Waals surface area contributed by atoms with Gasteiger partial charge in [0.25, 0.3) is 11.5 Å². The summed E-state index contributed by atoms with van der Waals surface area (Å²) in [7, 11) is 0. The maximum atomic E-state index is 13.6. The van der Waals surface area contributed by atoms with Crippen LogP contribution in [0.25, 0.3) is 0 Å². The van der Waals surface area contributed by atoms with Crippen molar-refractivity contribution in [1.29, 1.82) is 0 Å². The van der Waals surface area contributed by atoms with Gasteiger partial charge in [-0.25, -0.2) is 4.79 Å². The maximum Gasteiger partial charge on any atom is 0.430 e. The van der Waals surface area contributed by atoms with Gasteiger partial charge < -0.3 is 24.6 Å². The largest absolute Gasteiger partial charge is 0.493 e. The molecule has 0 aromatic heterocycles. The molecular formula is C32H32F6N2O6. The van der Waals surface area contributed by atoms with E-state index in [1.54, 1.807) is 43.3 Å². The second kappa shape index (κ2) is 12.5. The molecule has 3 amide bonds. The number of allylic oxidation sites excluding steroid dienone is 2. The van der Waals surface area contributed by atoms with Crippen LogP contribution in [0.5, 0.6) is 5.75 Å². The fraction of sp³-hybridized carbons (Fsp3) is 0.438. The number of urea groups is 1. The third-order valence-electron chi connectivity index (χ3n) is 8.39. The highest BCUT2D eigenvalue weighted by molar-refractivity contribution is 6.07. The maximum absolute atomic E-state index is 13.6. The van der Waals surface area contributed by atoms with Crippen molar-refractivity contribution in [3.63, 3.8) is 0 Å². The lowest BCUT2D eigenvalue weighted by atomic mass is 9.80. The van der Waals surface area contributed by atoms with E-state index in [2.05, 4.69) is 5.32 Å². The SMILES string of the molecule is CC1(C2C=CC3=C(C2)OCCO3)NC(=O)N(CCCCOc2ccc(C(O)(C(F)(F)F)C(F)(F)F)cc2Cc2ccccc2)C1=O. The first-order chi connectivity index (χ1) is 21.6. The third kappa shape index (κ3) is 6.26. The quantitative estimate of drug-likeness (QED) is 0.188. The van der Waals surface area contributed by atoms with Crippen molar-refractivity contribution >= 4 is 11.9 Å². The van der Waals surface area contributed by atoms with Crippen LogP contribution in [0.3, 0.4) is 0 Å². The minimum Gasteiger partial charge on any atom is -0.493 e. The number of carbonyl (C=O) groups is 2. The van der Waals surface area contributed by atoms with Crippen LogP contribution < -0.4 is 10.1 Å². The summed E-state index contributed by atoms with van der Waals surface area (Å²) in [5.74, 6) is 0.498. The summed E-state index contributed by atoms with van der Waals surface area (Å²) in [6.07, 6.45) is -7.58. The van der Waals surface area contributed by atoms with E-state index >= 15 is 0 Å². The van der Waals surface area contributed by atoms with Crippen molar-refractivity contribution in [1.82, 2.24) is 10.2 Å². The van der Waals surface area contributed by atoms with Crippen LogP contribution in [0, 0.1) is 5.92 Å². The summed E-state index contributed by atoms with van der Waals surface area (Å²) >= 11 is 0. The van der Waals surface area contributed by atoms with Gasteiger partial charge in [0.2, 0.25) is 0 Å². The zero-order chi connectivity index (χ0) is 33.3. The smallest absolute Gasteiger partial charge is 0.430 e. The number of nitrogens with zero attached hydrogens (tertiary/aromatic N) is 1. The molecule has 14 heteroatoms. The molecule has 248 valence electrons. The summed E-state index contributed by atoms with van der Waals surface area (Å²) in [5.41, 5.74) is -7.06. The third-order valence-corrected chi connectivity index (χ3v) is 8.39. The number of alkyl halides is 6. The van der Waals surface area contributed by atoms with Crippen molar-refractivity contribution in [2.75, 3.05) is 26.4 Å². The van der Waals surface area contributed by atoms with Crippen LogP contribution in [-0.4, -0.2) is 66.2 Å². The number of benzene rings is 2. The van der Waals surface area contributed by atoms with Crippen LogP contribution in [-0.2, 0) is 26.3 Å². The predicted molar refractivity (Wildman–Crippen MR) is 151 cm³/mol. The number of ether oxygens (including phenoxy) is 3. The number of rotatable bonds is 10. The van der Waals surface area contributed by atoms with Gasteiger partial charge >= 0.3 is 18.4 Å². The van der Waals surface area contributed by atoms with Crippen LogP contribution in [0.2, 0.25) is 0 Å². The van der Waals surface area contributed by atoms with E-state index < -0.39 is 41.0 Å². The van der Waals surface area contributed by atoms with Gasteiger partial charge in [-0.05, 0) is 49.1 Å². The Morgan fingerprint density at radius 3 is 2.39 bits per heavy atom. The number of hydrogen-bond acceptors (Lipinski definition) is 6. The minimum atomic E-state index is -6.03. The van der Waals surface area contributed by atoms with Gasteiger partial charge in [0.05, 0.1) is 6.61 Å². The summed E-state index contributed by atoms with van der Waals surface area (Å²) in [4.78, 5) is 27.2. The molecule has 46 heavy (non-hydrogen) atoms. The Morgan fingerprint density at radius 1 is 1.00 bits per heavy atom. The number of imide groups is 1. The van der Waals surface area contributed by atoms with Gasteiger partial charge in [0.15, 0.2) is 5.76 Å². The minimum absolute atomic E-state index is 0.00615. The molecule has 1 saturated heterocycles. The van der Waals surface area contributed by atoms with Gasteiger partial charge in [-0.15, -0.1) is 0 Å². The average Bonchev–Trinajstić information content (AvgIpc) is 3.23. The predicted octanol–water partition coefficient (Wildman–Crippen LogP) is 5.89. The number of unbranched alkanes of at least 4 members (excludes halogenated alkanes) is 1. The molecule has 1 fully saturated rings. The van der Waals surface area contributed by atoms with Crippen molar-refractivity contribution in [2.45, 2.75) is 56.1 Å². The molecule has 0 saturated carbocycles. The Bertz CT molecular complexity index is 1510. The van der Waals surface area contributed by atoms with Gasteiger partial charge in [0, 0.05) is 30.9 Å². The van der Waals surface area contributed by atoms with E-state index in [1.165, 1.54) is 0 Å². The molecule has 2 aromatic carbocycles. The van der Waals surface area contributed by atoms with Crippen LogP contribution in [0.4, 0.5) is 31.1 Å². The molecule has 2 heterocycles. The summed E-state index contributed by atoms with van der Waals surface area (Å²) in [5, 5.41) is 12.7. The molecule has 5 rings (SSSR count). The van der Waals surface area contributed by atoms with Crippen molar-refractivity contribution < 1.29 is 55.2 Å². The number of amides is 3. The summed E-state index contributed by atoms with van der Waals surface area (Å²) in [6.45, 7) is 2.53. The lowest BCUT2D eigenvalue weighted by Crippen LogP contribution is -2.53. The second-order valence-electron chi connectivity index (χ2n) is 11.5. The lowest BCUT2D eigenvalue weighted by Gasteiger charge is -2.34. The van der Waals surface area contributed by atoms with E-state index in [0.29, 0.717) is 61.7 Å². The first-order valence-corrected chi connectivity index (χ1v) is 14.6. The Labute approximate surface area is 260 Å². The highest BCUT2D eigenvalue weighted by Gasteiger charge is 2.71. The molecule has 2 aromatic rings. The topological polar surface area (TPSA) is 97.3 Å². The van der Waals surface area contributed by atoms with Gasteiger partial charge in [-0.2, -0.15) is 26.3 Å². The van der Waals surface area contributed by atoms with Crippen molar-refractivity contribution in [2.24, 2.45) is 5.92 Å². The Kier molecular flexibility index (Phi) is 9.04. The van der Waals surface area contributed by atoms with Crippen LogP contribution in [0.1, 0.15) is 42.9 Å². The van der Waals surface area contributed by atoms with Gasteiger partial charge in [0.1, 0.15) is 30.3 Å². The number of carbonyl (C=O) groups excluding carboxylic acids is 2. The van der Waals surface area contributed by atoms with E-state index in [9.17, 15) is 41.0 Å². The lowest BCUT2D eigenvalue weighted by molar-refractivity contribution is -0.376.